The zero-order chi connectivity index (χ0) is 17.6. The van der Waals surface area contributed by atoms with Crippen molar-refractivity contribution in [1.82, 2.24) is 9.80 Å². The van der Waals surface area contributed by atoms with Gasteiger partial charge in [-0.1, -0.05) is 36.2 Å². The molecule has 2 saturated heterocycles. The number of aliphatic hydroxyl groups excluding tert-OH is 1. The van der Waals surface area contributed by atoms with Crippen molar-refractivity contribution in [3.63, 3.8) is 0 Å². The van der Waals surface area contributed by atoms with Crippen molar-refractivity contribution in [2.45, 2.75) is 32.1 Å². The van der Waals surface area contributed by atoms with Crippen LogP contribution in [0.25, 0.3) is 0 Å². The summed E-state index contributed by atoms with van der Waals surface area (Å²) < 4.78 is 0. The van der Waals surface area contributed by atoms with E-state index < -0.39 is 0 Å². The largest absolute Gasteiger partial charge is 0.396 e. The molecule has 2 heterocycles. The van der Waals surface area contributed by atoms with E-state index in [-0.39, 0.29) is 18.4 Å². The second kappa shape index (κ2) is 9.02. The third-order valence-electron chi connectivity index (χ3n) is 5.67. The van der Waals surface area contributed by atoms with Gasteiger partial charge in [-0.3, -0.25) is 4.79 Å². The van der Waals surface area contributed by atoms with E-state index in [4.69, 9.17) is 11.6 Å². The molecule has 0 radical (unpaired) electrons. The number of halogens is 1. The number of carbonyl (C=O) groups is 1. The number of hydrogen-bond donors (Lipinski definition) is 1. The molecule has 25 heavy (non-hydrogen) atoms. The molecule has 2 fully saturated rings. The number of likely N-dealkylation sites (tertiary alicyclic amines) is 2. The number of aliphatic hydroxyl groups is 1. The molecule has 2 aliphatic heterocycles. The van der Waals surface area contributed by atoms with Crippen LogP contribution in [0.1, 0.15) is 31.2 Å². The van der Waals surface area contributed by atoms with Gasteiger partial charge in [0.2, 0.25) is 5.91 Å². The highest BCUT2D eigenvalue weighted by Crippen LogP contribution is 2.26. The Balaban J connectivity index is 1.52. The second-order valence-corrected chi connectivity index (χ2v) is 7.86. The van der Waals surface area contributed by atoms with Crippen LogP contribution in [0.3, 0.4) is 0 Å². The van der Waals surface area contributed by atoms with E-state index >= 15 is 0 Å². The highest BCUT2D eigenvalue weighted by atomic mass is 35.5. The Morgan fingerprint density at radius 2 is 1.84 bits per heavy atom. The molecule has 4 nitrogen and oxygen atoms in total. The first-order valence-electron chi connectivity index (χ1n) is 9.51. The number of amides is 1. The van der Waals surface area contributed by atoms with Crippen molar-refractivity contribution in [3.8, 4) is 0 Å². The number of carbonyl (C=O) groups excluding carboxylic acids is 1. The van der Waals surface area contributed by atoms with E-state index in [1.54, 1.807) is 0 Å². The number of rotatable bonds is 6. The van der Waals surface area contributed by atoms with E-state index in [1.807, 2.05) is 29.2 Å². The molecular weight excluding hydrogens is 336 g/mol. The minimum atomic E-state index is 0.173. The third-order valence-corrected chi connectivity index (χ3v) is 6.04. The van der Waals surface area contributed by atoms with Crippen LogP contribution in [-0.2, 0) is 11.2 Å². The van der Waals surface area contributed by atoms with Crippen molar-refractivity contribution < 1.29 is 9.90 Å². The Labute approximate surface area is 155 Å². The van der Waals surface area contributed by atoms with E-state index in [0.29, 0.717) is 25.3 Å². The summed E-state index contributed by atoms with van der Waals surface area (Å²) in [4.78, 5) is 17.1. The second-order valence-electron chi connectivity index (χ2n) is 7.45. The van der Waals surface area contributed by atoms with Crippen molar-refractivity contribution in [3.05, 3.63) is 34.9 Å². The molecule has 1 aromatic rings. The summed E-state index contributed by atoms with van der Waals surface area (Å²) in [6, 6.07) is 7.71. The predicted molar refractivity (Wildman–Crippen MR) is 101 cm³/mol. The van der Waals surface area contributed by atoms with E-state index in [1.165, 1.54) is 19.3 Å². The topological polar surface area (TPSA) is 43.8 Å². The van der Waals surface area contributed by atoms with Crippen LogP contribution in [-0.4, -0.2) is 60.1 Å². The van der Waals surface area contributed by atoms with Gasteiger partial charge in [-0.15, -0.1) is 0 Å². The maximum atomic E-state index is 12.6. The zero-order valence-electron chi connectivity index (χ0n) is 14.9. The molecule has 0 saturated carbocycles. The molecule has 2 aliphatic rings. The number of nitrogens with zero attached hydrogens (tertiary/aromatic N) is 2. The maximum Gasteiger partial charge on any atom is 0.222 e. The van der Waals surface area contributed by atoms with Gasteiger partial charge in [-0.2, -0.15) is 0 Å². The lowest BCUT2D eigenvalue weighted by molar-refractivity contribution is -0.130. The van der Waals surface area contributed by atoms with Gasteiger partial charge < -0.3 is 14.9 Å². The average Bonchev–Trinajstić information content (AvgIpc) is 3.04. The van der Waals surface area contributed by atoms with Gasteiger partial charge in [0, 0.05) is 43.6 Å². The van der Waals surface area contributed by atoms with Crippen LogP contribution in [0.4, 0.5) is 0 Å². The monoisotopic (exact) mass is 364 g/mol. The Hall–Kier alpha value is -1.10. The van der Waals surface area contributed by atoms with Crippen LogP contribution in [0, 0.1) is 11.8 Å². The van der Waals surface area contributed by atoms with Crippen molar-refractivity contribution in [2.75, 3.05) is 39.3 Å². The number of aryl methyl sites for hydroxylation is 1. The molecule has 0 spiro atoms. The molecule has 0 aromatic heterocycles. The predicted octanol–water partition coefficient (Wildman–Crippen LogP) is 2.83. The number of piperidine rings is 1. The summed E-state index contributed by atoms with van der Waals surface area (Å²) in [6.07, 6.45) is 5.04. The summed E-state index contributed by atoms with van der Waals surface area (Å²) in [5, 5.41) is 10.5. The Morgan fingerprint density at radius 1 is 1.12 bits per heavy atom. The summed E-state index contributed by atoms with van der Waals surface area (Å²) >= 11 is 6.18. The van der Waals surface area contributed by atoms with Gasteiger partial charge in [0.25, 0.3) is 0 Å². The minimum Gasteiger partial charge on any atom is -0.396 e. The average molecular weight is 365 g/mol. The van der Waals surface area contributed by atoms with Gasteiger partial charge in [0.05, 0.1) is 0 Å². The summed E-state index contributed by atoms with van der Waals surface area (Å²) in [6.45, 7) is 4.98. The van der Waals surface area contributed by atoms with Gasteiger partial charge in [-0.25, -0.2) is 0 Å². The van der Waals surface area contributed by atoms with Crippen molar-refractivity contribution >= 4 is 17.5 Å². The van der Waals surface area contributed by atoms with E-state index in [0.717, 1.165) is 36.8 Å². The molecule has 2 atom stereocenters. The lowest BCUT2D eigenvalue weighted by Crippen LogP contribution is -2.37. The number of benzene rings is 1. The summed E-state index contributed by atoms with van der Waals surface area (Å²) in [5.41, 5.74) is 1.03. The van der Waals surface area contributed by atoms with E-state index in [9.17, 15) is 9.90 Å². The quantitative estimate of drug-likeness (QED) is 0.844. The molecule has 1 aromatic carbocycles. The Kier molecular flexibility index (Phi) is 6.74. The fourth-order valence-corrected chi connectivity index (χ4v) is 4.36. The number of hydrogen-bond acceptors (Lipinski definition) is 3. The first kappa shape index (κ1) is 18.7. The third kappa shape index (κ3) is 4.96. The normalized spacial score (nSPS) is 24.6. The molecule has 1 N–H and O–H groups in total. The highest BCUT2D eigenvalue weighted by molar-refractivity contribution is 6.31. The lowest BCUT2D eigenvalue weighted by Gasteiger charge is -2.30. The van der Waals surface area contributed by atoms with Gasteiger partial charge in [0.1, 0.15) is 0 Å². The van der Waals surface area contributed by atoms with Gasteiger partial charge >= 0.3 is 0 Å². The first-order chi connectivity index (χ1) is 12.2. The molecular formula is C20H29ClN2O2. The molecule has 0 aliphatic carbocycles. The van der Waals surface area contributed by atoms with Crippen LogP contribution in [0.15, 0.2) is 24.3 Å². The van der Waals surface area contributed by atoms with Crippen molar-refractivity contribution in [2.24, 2.45) is 11.8 Å². The fraction of sp³-hybridized carbons (Fsp3) is 0.650. The molecule has 138 valence electrons. The molecule has 3 rings (SSSR count). The van der Waals surface area contributed by atoms with Crippen LogP contribution in [0.5, 0.6) is 0 Å². The Morgan fingerprint density at radius 3 is 2.56 bits per heavy atom. The standard InChI is InChI=1S/C20H29ClN2O2/c21-19-7-3-2-6-16(19)8-9-20(25)23-13-17(18(14-23)15-24)12-22-10-4-1-5-11-22/h2-3,6-7,17-18,24H,1,4-5,8-15H2/t17-,18-/m0/s1. The molecule has 0 bridgehead atoms. The summed E-state index contributed by atoms with van der Waals surface area (Å²) in [7, 11) is 0. The highest BCUT2D eigenvalue weighted by Gasteiger charge is 2.35. The smallest absolute Gasteiger partial charge is 0.222 e. The Bertz CT molecular complexity index is 575. The molecule has 0 unspecified atom stereocenters. The van der Waals surface area contributed by atoms with E-state index in [2.05, 4.69) is 4.90 Å². The molecule has 5 heteroatoms. The van der Waals surface area contributed by atoms with Crippen LogP contribution >= 0.6 is 11.6 Å². The lowest BCUT2D eigenvalue weighted by atomic mass is 9.95. The van der Waals surface area contributed by atoms with Gasteiger partial charge in [-0.05, 0) is 49.9 Å². The van der Waals surface area contributed by atoms with Crippen molar-refractivity contribution in [1.29, 1.82) is 0 Å². The van der Waals surface area contributed by atoms with Crippen LogP contribution < -0.4 is 0 Å². The fourth-order valence-electron chi connectivity index (χ4n) is 4.13. The maximum absolute atomic E-state index is 12.6. The molecule has 1 amide bonds. The van der Waals surface area contributed by atoms with Gasteiger partial charge in [0.15, 0.2) is 0 Å². The summed E-state index contributed by atoms with van der Waals surface area (Å²) in [5.74, 6) is 0.790. The SMILES string of the molecule is O=C(CCc1ccccc1Cl)N1C[C@@H](CO)[C@@H](CN2CCCCC2)C1. The minimum absolute atomic E-state index is 0.173. The first-order valence-corrected chi connectivity index (χ1v) is 9.89. The zero-order valence-corrected chi connectivity index (χ0v) is 15.6. The van der Waals surface area contributed by atoms with Crippen LogP contribution in [0.2, 0.25) is 5.02 Å².